The van der Waals surface area contributed by atoms with E-state index < -0.39 is 5.72 Å². The van der Waals surface area contributed by atoms with E-state index in [0.29, 0.717) is 5.75 Å². The Labute approximate surface area is 153 Å². The van der Waals surface area contributed by atoms with Crippen molar-refractivity contribution in [2.75, 3.05) is 4.90 Å². The second-order valence-electron chi connectivity index (χ2n) is 7.72. The van der Waals surface area contributed by atoms with Crippen molar-refractivity contribution in [3.8, 4) is 5.75 Å². The topological polar surface area (TPSA) is 55.6 Å². The lowest BCUT2D eigenvalue weighted by atomic mass is 9.76. The minimum Gasteiger partial charge on any atom is -0.463 e. The second kappa shape index (κ2) is 5.34. The number of non-ortho nitro benzene ring substituents is 1. The quantitative estimate of drug-likeness (QED) is 0.571. The molecule has 5 nitrogen and oxygen atoms in total. The average molecular weight is 350 g/mol. The zero-order valence-corrected chi connectivity index (χ0v) is 15.4. The van der Waals surface area contributed by atoms with E-state index >= 15 is 0 Å². The lowest BCUT2D eigenvalue weighted by molar-refractivity contribution is -0.384. The van der Waals surface area contributed by atoms with Crippen LogP contribution in [0.5, 0.6) is 5.75 Å². The van der Waals surface area contributed by atoms with Crippen molar-refractivity contribution in [1.29, 1.82) is 0 Å². The largest absolute Gasteiger partial charge is 0.463 e. The summed E-state index contributed by atoms with van der Waals surface area (Å²) in [5.41, 5.74) is 2.26. The molecule has 0 radical (unpaired) electrons. The van der Waals surface area contributed by atoms with Gasteiger partial charge >= 0.3 is 0 Å². The number of hydrogen-bond acceptors (Lipinski definition) is 4. The normalized spacial score (nSPS) is 22.3. The maximum Gasteiger partial charge on any atom is 0.270 e. The van der Waals surface area contributed by atoms with Crippen LogP contribution < -0.4 is 9.64 Å². The van der Waals surface area contributed by atoms with E-state index in [2.05, 4.69) is 56.9 Å². The van der Waals surface area contributed by atoms with Gasteiger partial charge in [0.25, 0.3) is 5.69 Å². The summed E-state index contributed by atoms with van der Waals surface area (Å²) < 4.78 is 6.60. The van der Waals surface area contributed by atoms with E-state index in [9.17, 15) is 10.1 Å². The van der Waals surface area contributed by atoms with Gasteiger partial charge < -0.3 is 9.64 Å². The van der Waals surface area contributed by atoms with Crippen LogP contribution in [0.4, 0.5) is 11.4 Å². The van der Waals surface area contributed by atoms with Crippen molar-refractivity contribution in [1.82, 2.24) is 0 Å². The van der Waals surface area contributed by atoms with Crippen LogP contribution in [-0.4, -0.2) is 16.7 Å². The Morgan fingerprint density at radius 1 is 1.15 bits per heavy atom. The van der Waals surface area contributed by atoms with Gasteiger partial charge in [-0.1, -0.05) is 18.2 Å². The summed E-state index contributed by atoms with van der Waals surface area (Å²) in [5, 5.41) is 11.1. The van der Waals surface area contributed by atoms with Crippen molar-refractivity contribution in [2.24, 2.45) is 0 Å². The van der Waals surface area contributed by atoms with Crippen LogP contribution in [-0.2, 0) is 5.41 Å². The number of ether oxygens (including phenoxy) is 1. The summed E-state index contributed by atoms with van der Waals surface area (Å²) in [6.45, 7) is 8.69. The van der Waals surface area contributed by atoms with Crippen molar-refractivity contribution < 1.29 is 9.66 Å². The highest BCUT2D eigenvalue weighted by molar-refractivity contribution is 5.73. The molecule has 0 N–H and O–H groups in total. The highest BCUT2D eigenvalue weighted by Crippen LogP contribution is 2.55. The maximum absolute atomic E-state index is 11.1. The first-order valence-electron chi connectivity index (χ1n) is 8.83. The van der Waals surface area contributed by atoms with Crippen LogP contribution in [0, 0.1) is 10.1 Å². The van der Waals surface area contributed by atoms with Crippen molar-refractivity contribution >= 4 is 17.5 Å². The molecule has 2 aromatic rings. The van der Waals surface area contributed by atoms with Gasteiger partial charge in [0.1, 0.15) is 5.75 Å². The Kier molecular flexibility index (Phi) is 3.41. The molecule has 0 fully saturated rings. The molecular formula is C21H22N2O3. The van der Waals surface area contributed by atoms with Gasteiger partial charge in [0.15, 0.2) is 0 Å². The van der Waals surface area contributed by atoms with Gasteiger partial charge in [0, 0.05) is 29.4 Å². The fourth-order valence-corrected chi connectivity index (χ4v) is 4.29. The molecule has 2 aliphatic rings. The van der Waals surface area contributed by atoms with Crippen molar-refractivity contribution in [3.05, 3.63) is 69.8 Å². The van der Waals surface area contributed by atoms with Crippen LogP contribution in [0.25, 0.3) is 6.08 Å². The van der Waals surface area contributed by atoms with Crippen LogP contribution in [0.2, 0.25) is 0 Å². The first kappa shape index (κ1) is 16.6. The van der Waals surface area contributed by atoms with Gasteiger partial charge in [0.2, 0.25) is 5.72 Å². The third kappa shape index (κ3) is 2.03. The molecule has 0 saturated heterocycles. The van der Waals surface area contributed by atoms with E-state index in [1.165, 1.54) is 17.3 Å². The third-order valence-corrected chi connectivity index (χ3v) is 5.57. The minimum absolute atomic E-state index is 0.0719. The molecule has 5 heteroatoms. The van der Waals surface area contributed by atoms with Crippen LogP contribution in [0.1, 0.15) is 38.8 Å². The number of nitro groups is 1. The van der Waals surface area contributed by atoms with E-state index in [0.717, 1.165) is 5.56 Å². The zero-order valence-electron chi connectivity index (χ0n) is 15.4. The lowest BCUT2D eigenvalue weighted by Crippen LogP contribution is -2.61. The molecule has 0 bridgehead atoms. The van der Waals surface area contributed by atoms with E-state index in [4.69, 9.17) is 4.74 Å². The van der Waals surface area contributed by atoms with E-state index in [1.807, 2.05) is 12.1 Å². The summed E-state index contributed by atoms with van der Waals surface area (Å²) in [5.74, 6) is 0.671. The Morgan fingerprint density at radius 2 is 1.88 bits per heavy atom. The molecule has 0 amide bonds. The second-order valence-corrected chi connectivity index (χ2v) is 7.72. The van der Waals surface area contributed by atoms with Crippen molar-refractivity contribution in [2.45, 2.75) is 44.9 Å². The van der Waals surface area contributed by atoms with Crippen LogP contribution >= 0.6 is 0 Å². The number of rotatable bonds is 2. The number of nitro benzene ring substituents is 1. The molecular weight excluding hydrogens is 328 g/mol. The minimum atomic E-state index is -0.673. The van der Waals surface area contributed by atoms with Crippen LogP contribution in [0.15, 0.2) is 48.5 Å². The smallest absolute Gasteiger partial charge is 0.270 e. The standard InChI is InChI=1S/C21H22N2O3/c1-14(2)22-18-8-6-5-7-17(18)20(3,4)21(22)12-11-15-13-16(23(24)25)9-10-19(15)26-21/h5-14H,1-4H3. The first-order chi connectivity index (χ1) is 12.3. The SMILES string of the molecule is CC(C)N1c2ccccc2C(C)(C)C12C=Cc1cc([N+](=O)[O-])ccc1O2. The molecule has 2 aromatic carbocycles. The number of hydrogen-bond donors (Lipinski definition) is 0. The predicted octanol–water partition coefficient (Wildman–Crippen LogP) is 4.90. The number of nitrogens with zero attached hydrogens (tertiary/aromatic N) is 2. The van der Waals surface area contributed by atoms with Crippen LogP contribution in [0.3, 0.4) is 0 Å². The highest BCUT2D eigenvalue weighted by Gasteiger charge is 2.59. The van der Waals surface area contributed by atoms with Gasteiger partial charge in [-0.15, -0.1) is 0 Å². The molecule has 1 spiro atoms. The highest BCUT2D eigenvalue weighted by atomic mass is 16.6. The van der Waals surface area contributed by atoms with Crippen molar-refractivity contribution in [3.63, 3.8) is 0 Å². The number of benzene rings is 2. The average Bonchev–Trinajstić information content (AvgIpc) is 2.79. The molecule has 0 aromatic heterocycles. The summed E-state index contributed by atoms with van der Waals surface area (Å²) in [4.78, 5) is 13.0. The predicted molar refractivity (Wildman–Crippen MR) is 103 cm³/mol. The van der Waals surface area contributed by atoms with E-state index in [-0.39, 0.29) is 22.1 Å². The van der Waals surface area contributed by atoms with Gasteiger partial charge in [0.05, 0.1) is 10.3 Å². The number of anilines is 1. The summed E-state index contributed by atoms with van der Waals surface area (Å²) in [6.07, 6.45) is 4.01. The summed E-state index contributed by atoms with van der Waals surface area (Å²) >= 11 is 0. The lowest BCUT2D eigenvalue weighted by Gasteiger charge is -2.48. The Morgan fingerprint density at radius 3 is 2.58 bits per heavy atom. The number of para-hydroxylation sites is 1. The Balaban J connectivity index is 1.89. The monoisotopic (exact) mass is 350 g/mol. The van der Waals surface area contributed by atoms with E-state index in [1.54, 1.807) is 12.1 Å². The summed E-state index contributed by atoms with van der Waals surface area (Å²) in [7, 11) is 0. The van der Waals surface area contributed by atoms with Gasteiger partial charge in [-0.25, -0.2) is 0 Å². The zero-order chi connectivity index (χ0) is 18.7. The molecule has 2 heterocycles. The molecule has 2 aliphatic heterocycles. The molecule has 134 valence electrons. The third-order valence-electron chi connectivity index (χ3n) is 5.57. The van der Waals surface area contributed by atoms with Gasteiger partial charge in [-0.3, -0.25) is 10.1 Å². The fourth-order valence-electron chi connectivity index (χ4n) is 4.29. The molecule has 1 unspecified atom stereocenters. The molecule has 1 atom stereocenters. The van der Waals surface area contributed by atoms with Gasteiger partial charge in [-0.2, -0.15) is 0 Å². The molecule has 26 heavy (non-hydrogen) atoms. The number of fused-ring (bicyclic) bond motifs is 2. The molecule has 0 aliphatic carbocycles. The summed E-state index contributed by atoms with van der Waals surface area (Å²) in [6, 6.07) is 13.4. The molecule has 4 rings (SSSR count). The Hall–Kier alpha value is -2.82. The first-order valence-corrected chi connectivity index (χ1v) is 8.83. The molecule has 0 saturated carbocycles. The van der Waals surface area contributed by atoms with Gasteiger partial charge in [-0.05, 0) is 57.5 Å². The fraction of sp³-hybridized carbons (Fsp3) is 0.333. The Bertz CT molecular complexity index is 933. The maximum atomic E-state index is 11.1.